The maximum Gasteiger partial charge on any atom is 0.191 e. The van der Waals surface area contributed by atoms with E-state index in [4.69, 9.17) is 9.47 Å². The van der Waals surface area contributed by atoms with Crippen molar-refractivity contribution in [1.29, 1.82) is 0 Å². The lowest BCUT2D eigenvalue weighted by Crippen LogP contribution is -2.44. The first-order valence-corrected chi connectivity index (χ1v) is 9.17. The number of ether oxygens (including phenoxy) is 2. The lowest BCUT2D eigenvalue weighted by Gasteiger charge is -2.26. The monoisotopic (exact) mass is 526 g/mol. The maximum absolute atomic E-state index is 5.37. The van der Waals surface area contributed by atoms with Crippen molar-refractivity contribution in [2.45, 2.75) is 13.5 Å². The quantitative estimate of drug-likeness (QED) is 0.325. The third kappa shape index (κ3) is 8.10. The zero-order valence-electron chi connectivity index (χ0n) is 14.9. The molecule has 25 heavy (non-hydrogen) atoms. The number of nitrogens with one attached hydrogen (secondary N) is 2. The summed E-state index contributed by atoms with van der Waals surface area (Å²) in [7, 11) is 1.67. The van der Waals surface area contributed by atoms with Crippen LogP contribution in [0.5, 0.6) is 5.75 Å². The van der Waals surface area contributed by atoms with Crippen molar-refractivity contribution in [3.8, 4) is 5.75 Å². The highest BCUT2D eigenvalue weighted by molar-refractivity contribution is 14.0. The molecule has 0 atom stereocenters. The summed E-state index contributed by atoms with van der Waals surface area (Å²) in [5, 5.41) is 6.68. The van der Waals surface area contributed by atoms with Gasteiger partial charge in [0, 0.05) is 32.7 Å². The Bertz CT molecular complexity index is 539. The molecule has 8 heteroatoms. The molecule has 0 saturated carbocycles. The van der Waals surface area contributed by atoms with Gasteiger partial charge in [-0.15, -0.1) is 24.0 Å². The predicted octanol–water partition coefficient (Wildman–Crippen LogP) is 2.46. The van der Waals surface area contributed by atoms with Crippen LogP contribution in [0.1, 0.15) is 12.5 Å². The number of guanidine groups is 1. The van der Waals surface area contributed by atoms with E-state index in [0.717, 1.165) is 67.7 Å². The number of methoxy groups -OCH3 is 1. The van der Waals surface area contributed by atoms with Crippen LogP contribution < -0.4 is 15.4 Å². The molecule has 0 bridgehead atoms. The molecule has 2 N–H and O–H groups in total. The number of hydrogen-bond acceptors (Lipinski definition) is 4. The first kappa shape index (κ1) is 22.5. The van der Waals surface area contributed by atoms with Gasteiger partial charge in [0.2, 0.25) is 0 Å². The van der Waals surface area contributed by atoms with E-state index >= 15 is 0 Å². The molecule has 0 aliphatic carbocycles. The Hall–Kier alpha value is -0.580. The standard InChI is InChI=1S/C17H27BrN4O2.HI/c1-3-19-17(20-6-7-22-8-10-24-11-9-22)21-13-14-4-5-16(23-2)15(18)12-14;/h4-5,12H,3,6-11,13H2,1-2H3,(H2,19,20,21);1H. The molecule has 1 saturated heterocycles. The Kier molecular flexibility index (Phi) is 11.4. The molecule has 142 valence electrons. The van der Waals surface area contributed by atoms with Crippen molar-refractivity contribution in [3.63, 3.8) is 0 Å². The topological polar surface area (TPSA) is 58.1 Å². The van der Waals surface area contributed by atoms with Gasteiger partial charge in [-0.3, -0.25) is 4.90 Å². The largest absolute Gasteiger partial charge is 0.496 e. The number of rotatable bonds is 7. The van der Waals surface area contributed by atoms with Gasteiger partial charge < -0.3 is 20.1 Å². The second kappa shape index (κ2) is 12.7. The summed E-state index contributed by atoms with van der Waals surface area (Å²) in [5.41, 5.74) is 1.13. The zero-order chi connectivity index (χ0) is 17.2. The van der Waals surface area contributed by atoms with Crippen LogP contribution >= 0.6 is 39.9 Å². The van der Waals surface area contributed by atoms with Crippen LogP contribution in [0.4, 0.5) is 0 Å². The summed E-state index contributed by atoms with van der Waals surface area (Å²) in [4.78, 5) is 7.06. The fraction of sp³-hybridized carbons (Fsp3) is 0.588. The van der Waals surface area contributed by atoms with Gasteiger partial charge in [0.25, 0.3) is 0 Å². The zero-order valence-corrected chi connectivity index (χ0v) is 18.8. The molecule has 1 aliphatic heterocycles. The van der Waals surface area contributed by atoms with Crippen LogP contribution in [-0.2, 0) is 11.3 Å². The fourth-order valence-corrected chi connectivity index (χ4v) is 3.07. The molecule has 1 heterocycles. The van der Waals surface area contributed by atoms with Gasteiger partial charge in [-0.1, -0.05) is 6.07 Å². The summed E-state index contributed by atoms with van der Waals surface area (Å²) >= 11 is 3.51. The van der Waals surface area contributed by atoms with E-state index in [9.17, 15) is 0 Å². The highest BCUT2D eigenvalue weighted by Crippen LogP contribution is 2.25. The minimum atomic E-state index is 0. The third-order valence-electron chi connectivity index (χ3n) is 3.80. The van der Waals surface area contributed by atoms with E-state index in [1.54, 1.807) is 7.11 Å². The molecule has 1 aromatic rings. The van der Waals surface area contributed by atoms with Crippen molar-refractivity contribution in [3.05, 3.63) is 28.2 Å². The van der Waals surface area contributed by atoms with Gasteiger partial charge >= 0.3 is 0 Å². The highest BCUT2D eigenvalue weighted by atomic mass is 127. The first-order valence-electron chi connectivity index (χ1n) is 8.37. The Morgan fingerprint density at radius 2 is 2.08 bits per heavy atom. The summed E-state index contributed by atoms with van der Waals surface area (Å²) < 4.78 is 11.6. The minimum absolute atomic E-state index is 0. The molecule has 0 radical (unpaired) electrons. The SMILES string of the molecule is CCNC(=NCc1ccc(OC)c(Br)c1)NCCN1CCOCC1.I. The molecular formula is C17H28BrIN4O2. The van der Waals surface area contributed by atoms with Gasteiger partial charge in [0.15, 0.2) is 5.96 Å². The summed E-state index contributed by atoms with van der Waals surface area (Å²) in [5.74, 6) is 1.68. The number of aliphatic imine (C=N–C) groups is 1. The first-order chi connectivity index (χ1) is 11.7. The molecule has 0 aromatic heterocycles. The summed E-state index contributed by atoms with van der Waals surface area (Å²) in [6.07, 6.45) is 0. The Morgan fingerprint density at radius 1 is 1.32 bits per heavy atom. The van der Waals surface area contributed by atoms with Gasteiger partial charge in [-0.05, 0) is 40.5 Å². The van der Waals surface area contributed by atoms with Crippen molar-refractivity contribution in [1.82, 2.24) is 15.5 Å². The third-order valence-corrected chi connectivity index (χ3v) is 4.42. The van der Waals surface area contributed by atoms with E-state index in [-0.39, 0.29) is 24.0 Å². The number of hydrogen-bond donors (Lipinski definition) is 2. The van der Waals surface area contributed by atoms with Gasteiger partial charge in [0.05, 0.1) is 31.3 Å². The van der Waals surface area contributed by atoms with Crippen LogP contribution in [0, 0.1) is 0 Å². The predicted molar refractivity (Wildman–Crippen MR) is 116 cm³/mol. The summed E-state index contributed by atoms with van der Waals surface area (Å²) in [6.45, 7) is 9.10. The van der Waals surface area contributed by atoms with E-state index in [0.29, 0.717) is 6.54 Å². The van der Waals surface area contributed by atoms with E-state index in [2.05, 4.69) is 43.4 Å². The maximum atomic E-state index is 5.37. The average molecular weight is 527 g/mol. The Morgan fingerprint density at radius 3 is 2.72 bits per heavy atom. The molecular weight excluding hydrogens is 499 g/mol. The van der Waals surface area contributed by atoms with Crippen molar-refractivity contribution < 1.29 is 9.47 Å². The molecule has 0 amide bonds. The molecule has 6 nitrogen and oxygen atoms in total. The Balaban J connectivity index is 0.00000312. The normalized spacial score (nSPS) is 15.4. The van der Waals surface area contributed by atoms with E-state index in [1.807, 2.05) is 18.2 Å². The molecule has 1 aliphatic rings. The molecule has 0 spiro atoms. The van der Waals surface area contributed by atoms with E-state index < -0.39 is 0 Å². The summed E-state index contributed by atoms with van der Waals surface area (Å²) in [6, 6.07) is 6.03. The van der Waals surface area contributed by atoms with Crippen LogP contribution in [0.15, 0.2) is 27.7 Å². The van der Waals surface area contributed by atoms with Crippen molar-refractivity contribution in [2.24, 2.45) is 4.99 Å². The number of benzene rings is 1. The van der Waals surface area contributed by atoms with Gasteiger partial charge in [-0.2, -0.15) is 0 Å². The molecule has 2 rings (SSSR count). The van der Waals surface area contributed by atoms with Crippen LogP contribution in [0.2, 0.25) is 0 Å². The smallest absolute Gasteiger partial charge is 0.191 e. The Labute approximate surface area is 175 Å². The second-order valence-electron chi connectivity index (χ2n) is 5.54. The number of halogens is 2. The molecule has 1 fully saturated rings. The number of morpholine rings is 1. The average Bonchev–Trinajstić information content (AvgIpc) is 2.60. The van der Waals surface area contributed by atoms with Crippen LogP contribution in [0.3, 0.4) is 0 Å². The van der Waals surface area contributed by atoms with Gasteiger partial charge in [-0.25, -0.2) is 4.99 Å². The molecule has 0 unspecified atom stereocenters. The van der Waals surface area contributed by atoms with Crippen LogP contribution in [0.25, 0.3) is 0 Å². The fourth-order valence-electron chi connectivity index (χ4n) is 2.48. The number of nitrogens with zero attached hydrogens (tertiary/aromatic N) is 2. The van der Waals surface area contributed by atoms with E-state index in [1.165, 1.54) is 0 Å². The van der Waals surface area contributed by atoms with Gasteiger partial charge in [0.1, 0.15) is 5.75 Å². The van der Waals surface area contributed by atoms with Crippen molar-refractivity contribution >= 4 is 45.9 Å². The lowest BCUT2D eigenvalue weighted by molar-refractivity contribution is 0.0389. The lowest BCUT2D eigenvalue weighted by atomic mass is 10.2. The van der Waals surface area contributed by atoms with Crippen molar-refractivity contribution in [2.75, 3.05) is 53.0 Å². The minimum Gasteiger partial charge on any atom is -0.496 e. The van der Waals surface area contributed by atoms with Crippen LogP contribution in [-0.4, -0.2) is 63.9 Å². The molecule has 1 aromatic carbocycles. The second-order valence-corrected chi connectivity index (χ2v) is 6.40. The highest BCUT2D eigenvalue weighted by Gasteiger charge is 2.09.